The van der Waals surface area contributed by atoms with E-state index in [4.69, 9.17) is 5.84 Å². The Bertz CT molecular complexity index is 273. The monoisotopic (exact) mass is 179 g/mol. The molecule has 1 rings (SSSR count). The number of para-hydroxylation sites is 1. The van der Waals surface area contributed by atoms with E-state index in [0.29, 0.717) is 0 Å². The number of nitrogens with two attached hydrogens (primary N) is 1. The van der Waals surface area contributed by atoms with Gasteiger partial charge in [-0.05, 0) is 12.1 Å². The van der Waals surface area contributed by atoms with Crippen molar-refractivity contribution in [3.05, 3.63) is 30.3 Å². The summed E-state index contributed by atoms with van der Waals surface area (Å²) in [5.74, 6) is 5.54. The van der Waals surface area contributed by atoms with Crippen molar-refractivity contribution >= 4 is 11.6 Å². The lowest BCUT2D eigenvalue weighted by molar-refractivity contribution is -0.119. The molecule has 70 valence electrons. The molecule has 4 nitrogen and oxygen atoms in total. The Labute approximate surface area is 77.3 Å². The van der Waals surface area contributed by atoms with Crippen LogP contribution < -0.4 is 16.2 Å². The molecular formula is C9H13N3O. The highest BCUT2D eigenvalue weighted by Gasteiger charge is 2.04. The second-order valence-electron chi connectivity index (χ2n) is 2.64. The minimum Gasteiger partial charge on any atom is -0.358 e. The zero-order valence-electron chi connectivity index (χ0n) is 7.53. The highest BCUT2D eigenvalue weighted by Crippen LogP contribution is 2.07. The van der Waals surface area contributed by atoms with E-state index in [1.54, 1.807) is 7.05 Å². The summed E-state index contributed by atoms with van der Waals surface area (Å²) in [5.41, 5.74) is 0.825. The second kappa shape index (κ2) is 4.47. The lowest BCUT2D eigenvalue weighted by Gasteiger charge is -2.16. The van der Waals surface area contributed by atoms with Crippen LogP contribution in [0.5, 0.6) is 0 Å². The number of hydrogen-bond donors (Lipinski definition) is 2. The standard InChI is InChI=1S/C9H13N3O/c1-11-9(13)7-12(10)8-5-3-2-4-6-8/h2-6H,7,10H2,1H3,(H,11,13). The maximum Gasteiger partial charge on any atom is 0.240 e. The summed E-state index contributed by atoms with van der Waals surface area (Å²) in [6.07, 6.45) is 0. The van der Waals surface area contributed by atoms with E-state index in [9.17, 15) is 4.79 Å². The molecule has 0 spiro atoms. The van der Waals surface area contributed by atoms with E-state index in [2.05, 4.69) is 5.32 Å². The predicted octanol–water partition coefficient (Wildman–Crippen LogP) is 0.113. The molecule has 3 N–H and O–H groups in total. The molecule has 4 heteroatoms. The van der Waals surface area contributed by atoms with Gasteiger partial charge in [0.15, 0.2) is 0 Å². The molecule has 0 fully saturated rings. The number of rotatable bonds is 3. The Balaban J connectivity index is 2.59. The van der Waals surface area contributed by atoms with Crippen LogP contribution >= 0.6 is 0 Å². The molecule has 0 saturated carbocycles. The average molecular weight is 179 g/mol. The molecule has 0 unspecified atom stereocenters. The van der Waals surface area contributed by atoms with Crippen LogP contribution in [-0.2, 0) is 4.79 Å². The van der Waals surface area contributed by atoms with Gasteiger partial charge in [-0.1, -0.05) is 18.2 Å². The van der Waals surface area contributed by atoms with Gasteiger partial charge in [-0.25, -0.2) is 5.84 Å². The van der Waals surface area contributed by atoms with Gasteiger partial charge in [0.25, 0.3) is 0 Å². The number of nitrogens with one attached hydrogen (secondary N) is 1. The molecule has 13 heavy (non-hydrogen) atoms. The molecule has 0 saturated heterocycles. The van der Waals surface area contributed by atoms with Gasteiger partial charge in [0, 0.05) is 7.05 Å². The first-order valence-electron chi connectivity index (χ1n) is 4.02. The number of amides is 1. The number of anilines is 1. The van der Waals surface area contributed by atoms with Crippen molar-refractivity contribution in [2.24, 2.45) is 5.84 Å². The van der Waals surface area contributed by atoms with Crippen LogP contribution in [0.2, 0.25) is 0 Å². The molecule has 0 radical (unpaired) electrons. The van der Waals surface area contributed by atoms with Crippen molar-refractivity contribution < 1.29 is 4.79 Å². The van der Waals surface area contributed by atoms with Crippen LogP contribution in [-0.4, -0.2) is 19.5 Å². The van der Waals surface area contributed by atoms with Crippen LogP contribution in [0.15, 0.2) is 30.3 Å². The van der Waals surface area contributed by atoms with Gasteiger partial charge < -0.3 is 10.3 Å². The SMILES string of the molecule is CNC(=O)CN(N)c1ccccc1. The van der Waals surface area contributed by atoms with Crippen LogP contribution in [0.3, 0.4) is 0 Å². The van der Waals surface area contributed by atoms with E-state index in [0.717, 1.165) is 5.69 Å². The van der Waals surface area contributed by atoms with E-state index in [1.165, 1.54) is 5.01 Å². The smallest absolute Gasteiger partial charge is 0.240 e. The molecule has 0 aliphatic heterocycles. The van der Waals surface area contributed by atoms with Gasteiger partial charge in [0.2, 0.25) is 5.91 Å². The van der Waals surface area contributed by atoms with E-state index >= 15 is 0 Å². The number of hydrazine groups is 1. The van der Waals surface area contributed by atoms with Crippen molar-refractivity contribution in [2.45, 2.75) is 0 Å². The summed E-state index contributed by atoms with van der Waals surface area (Å²) in [5, 5.41) is 3.91. The number of carbonyl (C=O) groups excluding carboxylic acids is 1. The zero-order valence-corrected chi connectivity index (χ0v) is 7.53. The average Bonchev–Trinajstić information content (AvgIpc) is 2.19. The van der Waals surface area contributed by atoms with Gasteiger partial charge in [-0.2, -0.15) is 0 Å². The van der Waals surface area contributed by atoms with Crippen molar-refractivity contribution in [2.75, 3.05) is 18.6 Å². The fourth-order valence-electron chi connectivity index (χ4n) is 0.945. The summed E-state index contributed by atoms with van der Waals surface area (Å²) >= 11 is 0. The first kappa shape index (κ1) is 9.54. The van der Waals surface area contributed by atoms with Gasteiger partial charge in [0.05, 0.1) is 5.69 Å². The molecule has 0 aliphatic carbocycles. The number of hydrogen-bond acceptors (Lipinski definition) is 3. The fourth-order valence-corrected chi connectivity index (χ4v) is 0.945. The molecule has 0 aromatic heterocycles. The van der Waals surface area contributed by atoms with E-state index in [1.807, 2.05) is 30.3 Å². The molecule has 0 aliphatic rings. The van der Waals surface area contributed by atoms with Gasteiger partial charge in [-0.3, -0.25) is 4.79 Å². The number of nitrogens with zero attached hydrogens (tertiary/aromatic N) is 1. The Hall–Kier alpha value is -1.55. The Morgan fingerprint density at radius 2 is 2.08 bits per heavy atom. The fraction of sp³-hybridized carbons (Fsp3) is 0.222. The summed E-state index contributed by atoms with van der Waals surface area (Å²) in [6, 6.07) is 9.35. The first-order valence-corrected chi connectivity index (χ1v) is 4.02. The molecule has 0 heterocycles. The zero-order chi connectivity index (χ0) is 9.68. The lowest BCUT2D eigenvalue weighted by Crippen LogP contribution is -2.40. The Morgan fingerprint density at radius 1 is 1.46 bits per heavy atom. The maximum atomic E-state index is 11.0. The third-order valence-electron chi connectivity index (χ3n) is 1.68. The third-order valence-corrected chi connectivity index (χ3v) is 1.68. The summed E-state index contributed by atoms with van der Waals surface area (Å²) < 4.78 is 0. The van der Waals surface area contributed by atoms with Crippen LogP contribution in [0.1, 0.15) is 0 Å². The van der Waals surface area contributed by atoms with Crippen molar-refractivity contribution in [3.8, 4) is 0 Å². The van der Waals surface area contributed by atoms with Crippen LogP contribution in [0, 0.1) is 0 Å². The largest absolute Gasteiger partial charge is 0.358 e. The van der Waals surface area contributed by atoms with Crippen LogP contribution in [0.4, 0.5) is 5.69 Å². The Morgan fingerprint density at radius 3 is 2.62 bits per heavy atom. The molecule has 1 amide bonds. The number of likely N-dealkylation sites (N-methyl/N-ethyl adjacent to an activating group) is 1. The topological polar surface area (TPSA) is 58.4 Å². The molecule has 1 aromatic carbocycles. The molecular weight excluding hydrogens is 166 g/mol. The summed E-state index contributed by atoms with van der Waals surface area (Å²) in [7, 11) is 1.58. The second-order valence-corrected chi connectivity index (χ2v) is 2.64. The minimum atomic E-state index is -0.105. The molecule has 1 aromatic rings. The highest BCUT2D eigenvalue weighted by molar-refractivity contribution is 5.80. The van der Waals surface area contributed by atoms with Gasteiger partial charge in [0.1, 0.15) is 6.54 Å². The number of benzene rings is 1. The Kier molecular flexibility index (Phi) is 3.28. The van der Waals surface area contributed by atoms with E-state index in [-0.39, 0.29) is 12.5 Å². The predicted molar refractivity (Wildman–Crippen MR) is 52.0 cm³/mol. The van der Waals surface area contributed by atoms with E-state index < -0.39 is 0 Å². The third kappa shape index (κ3) is 2.76. The quantitative estimate of drug-likeness (QED) is 0.511. The van der Waals surface area contributed by atoms with Crippen molar-refractivity contribution in [1.82, 2.24) is 5.32 Å². The number of carbonyl (C=O) groups is 1. The lowest BCUT2D eigenvalue weighted by atomic mass is 10.3. The highest BCUT2D eigenvalue weighted by atomic mass is 16.2. The normalized spacial score (nSPS) is 9.38. The maximum absolute atomic E-state index is 11.0. The first-order chi connectivity index (χ1) is 6.24. The van der Waals surface area contributed by atoms with Gasteiger partial charge in [-0.15, -0.1) is 0 Å². The van der Waals surface area contributed by atoms with Crippen LogP contribution in [0.25, 0.3) is 0 Å². The molecule has 0 bridgehead atoms. The van der Waals surface area contributed by atoms with Gasteiger partial charge >= 0.3 is 0 Å². The summed E-state index contributed by atoms with van der Waals surface area (Å²) in [6.45, 7) is 0.167. The molecule has 0 atom stereocenters. The summed E-state index contributed by atoms with van der Waals surface area (Å²) in [4.78, 5) is 11.0. The van der Waals surface area contributed by atoms with Crippen molar-refractivity contribution in [3.63, 3.8) is 0 Å². The minimum absolute atomic E-state index is 0.105. The van der Waals surface area contributed by atoms with Crippen molar-refractivity contribution in [1.29, 1.82) is 0 Å².